The lowest BCUT2D eigenvalue weighted by Gasteiger charge is -2.48. The highest BCUT2D eigenvalue weighted by Crippen LogP contribution is 2.18. The van der Waals surface area contributed by atoms with Gasteiger partial charge in [0.15, 0.2) is 0 Å². The van der Waals surface area contributed by atoms with Crippen molar-refractivity contribution >= 4 is 5.91 Å². The molecule has 2 aliphatic heterocycles. The Hall–Kier alpha value is -0.650. The van der Waals surface area contributed by atoms with Gasteiger partial charge in [-0.3, -0.25) is 14.6 Å². The highest BCUT2D eigenvalue weighted by atomic mass is 16.5. The molecule has 0 saturated carbocycles. The Morgan fingerprint density at radius 2 is 2.00 bits per heavy atom. The van der Waals surface area contributed by atoms with Crippen molar-refractivity contribution in [3.63, 3.8) is 0 Å². The summed E-state index contributed by atoms with van der Waals surface area (Å²) in [6, 6.07) is 0.470. The minimum Gasteiger partial charge on any atom is -0.379 e. The Balaban J connectivity index is 1.75. The molecular weight excluding hydrogens is 194 g/mol. The molecule has 0 aromatic heterocycles. The highest BCUT2D eigenvalue weighted by molar-refractivity contribution is 5.79. The first-order valence-corrected chi connectivity index (χ1v) is 5.53. The van der Waals surface area contributed by atoms with Crippen LogP contribution in [0.1, 0.15) is 6.92 Å². The molecule has 2 aliphatic rings. The summed E-state index contributed by atoms with van der Waals surface area (Å²) in [5.41, 5.74) is 5.26. The summed E-state index contributed by atoms with van der Waals surface area (Å²) in [5.74, 6) is -0.226. The molecule has 2 saturated heterocycles. The molecule has 2 fully saturated rings. The van der Waals surface area contributed by atoms with E-state index in [1.807, 2.05) is 6.92 Å². The average Bonchev–Trinajstić information content (AvgIpc) is 2.17. The van der Waals surface area contributed by atoms with Gasteiger partial charge in [0.25, 0.3) is 0 Å². The fourth-order valence-corrected chi connectivity index (χ4v) is 2.16. The third-order valence-corrected chi connectivity index (χ3v) is 3.41. The predicted molar refractivity (Wildman–Crippen MR) is 56.4 cm³/mol. The van der Waals surface area contributed by atoms with Crippen LogP contribution in [-0.4, -0.2) is 67.2 Å². The minimum atomic E-state index is -0.226. The van der Waals surface area contributed by atoms with E-state index in [2.05, 4.69) is 9.80 Å². The maximum absolute atomic E-state index is 11.0. The largest absolute Gasteiger partial charge is 0.379 e. The molecule has 1 atom stereocenters. The SMILES string of the molecule is CC(C(N)=O)N1CC(N2CCOCC2)C1. The second kappa shape index (κ2) is 4.47. The van der Waals surface area contributed by atoms with E-state index in [1.54, 1.807) is 0 Å². The van der Waals surface area contributed by atoms with Crippen LogP contribution in [0, 0.1) is 0 Å². The fourth-order valence-electron chi connectivity index (χ4n) is 2.16. The van der Waals surface area contributed by atoms with Gasteiger partial charge in [0.05, 0.1) is 19.3 Å². The monoisotopic (exact) mass is 213 g/mol. The van der Waals surface area contributed by atoms with Crippen LogP contribution in [0.3, 0.4) is 0 Å². The number of rotatable bonds is 3. The van der Waals surface area contributed by atoms with Crippen molar-refractivity contribution in [3.8, 4) is 0 Å². The summed E-state index contributed by atoms with van der Waals surface area (Å²) < 4.78 is 5.30. The summed E-state index contributed by atoms with van der Waals surface area (Å²) in [7, 11) is 0. The first kappa shape index (κ1) is 10.9. The normalized spacial score (nSPS) is 27.3. The van der Waals surface area contributed by atoms with Crippen LogP contribution in [0.2, 0.25) is 0 Å². The van der Waals surface area contributed by atoms with Crippen molar-refractivity contribution in [2.75, 3.05) is 39.4 Å². The molecule has 2 N–H and O–H groups in total. The van der Waals surface area contributed by atoms with E-state index in [4.69, 9.17) is 10.5 Å². The lowest BCUT2D eigenvalue weighted by molar-refractivity contribution is -0.126. The number of nitrogens with zero attached hydrogens (tertiary/aromatic N) is 2. The number of carbonyl (C=O) groups is 1. The van der Waals surface area contributed by atoms with Crippen molar-refractivity contribution in [1.29, 1.82) is 0 Å². The van der Waals surface area contributed by atoms with E-state index in [0.717, 1.165) is 39.4 Å². The van der Waals surface area contributed by atoms with Gasteiger partial charge >= 0.3 is 0 Å². The van der Waals surface area contributed by atoms with Crippen LogP contribution in [0.4, 0.5) is 0 Å². The summed E-state index contributed by atoms with van der Waals surface area (Å²) in [6.07, 6.45) is 0. The van der Waals surface area contributed by atoms with E-state index < -0.39 is 0 Å². The van der Waals surface area contributed by atoms with E-state index in [9.17, 15) is 4.79 Å². The van der Waals surface area contributed by atoms with E-state index in [-0.39, 0.29) is 11.9 Å². The molecule has 86 valence electrons. The summed E-state index contributed by atoms with van der Waals surface area (Å²) >= 11 is 0. The van der Waals surface area contributed by atoms with Gasteiger partial charge in [-0.1, -0.05) is 0 Å². The third-order valence-electron chi connectivity index (χ3n) is 3.41. The number of hydrogen-bond donors (Lipinski definition) is 1. The van der Waals surface area contributed by atoms with Crippen LogP contribution < -0.4 is 5.73 Å². The molecule has 0 aromatic carbocycles. The number of nitrogens with two attached hydrogens (primary N) is 1. The zero-order valence-electron chi connectivity index (χ0n) is 9.19. The third kappa shape index (κ3) is 2.30. The maximum atomic E-state index is 11.0. The number of ether oxygens (including phenoxy) is 1. The Morgan fingerprint density at radius 1 is 1.40 bits per heavy atom. The average molecular weight is 213 g/mol. The Labute approximate surface area is 90.1 Å². The standard InChI is InChI=1S/C10H19N3O2/c1-8(10(11)14)13-6-9(7-13)12-2-4-15-5-3-12/h8-9H,2-7H2,1H3,(H2,11,14). The topological polar surface area (TPSA) is 58.8 Å². The van der Waals surface area contributed by atoms with Crippen LogP contribution in [0.5, 0.6) is 0 Å². The molecule has 0 radical (unpaired) electrons. The number of amides is 1. The van der Waals surface area contributed by atoms with Gasteiger partial charge in [-0.25, -0.2) is 0 Å². The zero-order valence-corrected chi connectivity index (χ0v) is 9.19. The Kier molecular flexibility index (Phi) is 3.23. The molecule has 0 aliphatic carbocycles. The van der Waals surface area contributed by atoms with Crippen molar-refractivity contribution in [1.82, 2.24) is 9.80 Å². The molecule has 2 rings (SSSR count). The number of carbonyl (C=O) groups excluding carboxylic acids is 1. The Morgan fingerprint density at radius 3 is 2.53 bits per heavy atom. The van der Waals surface area contributed by atoms with Crippen molar-refractivity contribution < 1.29 is 9.53 Å². The first-order valence-electron chi connectivity index (χ1n) is 5.53. The van der Waals surface area contributed by atoms with E-state index >= 15 is 0 Å². The number of likely N-dealkylation sites (tertiary alicyclic amines) is 1. The summed E-state index contributed by atoms with van der Waals surface area (Å²) in [5, 5.41) is 0. The van der Waals surface area contributed by atoms with Gasteiger partial charge in [-0.15, -0.1) is 0 Å². The molecule has 0 bridgehead atoms. The molecule has 1 unspecified atom stereocenters. The van der Waals surface area contributed by atoms with Gasteiger partial charge in [0.1, 0.15) is 0 Å². The van der Waals surface area contributed by atoms with Crippen LogP contribution in [0.15, 0.2) is 0 Å². The smallest absolute Gasteiger partial charge is 0.234 e. The second-order valence-corrected chi connectivity index (χ2v) is 4.33. The Bertz CT molecular complexity index is 235. The molecule has 0 spiro atoms. The van der Waals surface area contributed by atoms with E-state index in [1.165, 1.54) is 0 Å². The van der Waals surface area contributed by atoms with Gasteiger partial charge in [0.2, 0.25) is 5.91 Å². The zero-order chi connectivity index (χ0) is 10.8. The van der Waals surface area contributed by atoms with Gasteiger partial charge in [-0.2, -0.15) is 0 Å². The fraction of sp³-hybridized carbons (Fsp3) is 0.900. The highest BCUT2D eigenvalue weighted by Gasteiger charge is 2.36. The summed E-state index contributed by atoms with van der Waals surface area (Å²) in [4.78, 5) is 15.5. The lowest BCUT2D eigenvalue weighted by atomic mass is 10.0. The van der Waals surface area contributed by atoms with Crippen molar-refractivity contribution in [3.05, 3.63) is 0 Å². The van der Waals surface area contributed by atoms with Crippen LogP contribution in [0.25, 0.3) is 0 Å². The molecule has 0 aromatic rings. The molecule has 1 amide bonds. The second-order valence-electron chi connectivity index (χ2n) is 4.33. The molecule has 5 heteroatoms. The molecule has 15 heavy (non-hydrogen) atoms. The number of hydrogen-bond acceptors (Lipinski definition) is 4. The van der Waals surface area contributed by atoms with Crippen molar-refractivity contribution in [2.24, 2.45) is 5.73 Å². The number of primary amides is 1. The molecular formula is C10H19N3O2. The van der Waals surface area contributed by atoms with Gasteiger partial charge < -0.3 is 10.5 Å². The molecule has 5 nitrogen and oxygen atoms in total. The van der Waals surface area contributed by atoms with Crippen LogP contribution in [-0.2, 0) is 9.53 Å². The van der Waals surface area contributed by atoms with Crippen molar-refractivity contribution in [2.45, 2.75) is 19.0 Å². The number of morpholine rings is 1. The van der Waals surface area contributed by atoms with E-state index in [0.29, 0.717) is 6.04 Å². The summed E-state index contributed by atoms with van der Waals surface area (Å²) in [6.45, 7) is 7.50. The van der Waals surface area contributed by atoms with Gasteiger partial charge in [0, 0.05) is 32.2 Å². The van der Waals surface area contributed by atoms with Gasteiger partial charge in [-0.05, 0) is 6.92 Å². The van der Waals surface area contributed by atoms with Crippen LogP contribution >= 0.6 is 0 Å². The predicted octanol–water partition coefficient (Wildman–Crippen LogP) is -1.12. The lowest BCUT2D eigenvalue weighted by Crippen LogP contribution is -2.65. The first-order chi connectivity index (χ1) is 7.18. The molecule has 2 heterocycles. The minimum absolute atomic E-state index is 0.123. The quantitative estimate of drug-likeness (QED) is 0.645. The maximum Gasteiger partial charge on any atom is 0.234 e.